The molecule has 134 heavy (non-hydrogen) atoms. The Hall–Kier alpha value is -12.4. The molecule has 5 atom stereocenters. The molecular formula is C95H142N22O17. The summed E-state index contributed by atoms with van der Waals surface area (Å²) < 4.78 is 67.8. The van der Waals surface area contributed by atoms with Crippen molar-refractivity contribution in [3.8, 4) is 63.2 Å². The highest BCUT2D eigenvalue weighted by Crippen LogP contribution is 2.24. The summed E-state index contributed by atoms with van der Waals surface area (Å²) in [5.74, 6) is 9.08. The van der Waals surface area contributed by atoms with Gasteiger partial charge in [-0.1, -0.05) is 81.4 Å². The molecule has 0 spiro atoms. The van der Waals surface area contributed by atoms with Crippen molar-refractivity contribution in [2.75, 3.05) is 86.0 Å². The van der Waals surface area contributed by atoms with Gasteiger partial charge in [-0.3, -0.25) is 10.1 Å². The van der Waals surface area contributed by atoms with Crippen molar-refractivity contribution < 1.29 is 82.8 Å². The van der Waals surface area contributed by atoms with Crippen LogP contribution in [0.1, 0.15) is 114 Å². The minimum absolute atomic E-state index is 0.0693. The number of benzene rings is 6. The molecule has 0 aliphatic heterocycles. The van der Waals surface area contributed by atoms with Crippen molar-refractivity contribution >= 4 is 12.4 Å². The normalized spacial score (nSPS) is 12.2. The quantitative estimate of drug-likeness (QED) is 0.00729. The van der Waals surface area contributed by atoms with Crippen molar-refractivity contribution in [2.45, 2.75) is 203 Å². The average molecular weight is 1860 g/mol. The standard InChI is InChI=1S/2C17H25N3O3.C17H25N3O2.2C15H22N4O3.C14H23N5O3/c1-14(2)3-4-15(21)11-23-17-7-5-16(6-8-17)22-10-9-20-13-18-12-19-20;1-14(2)3-4-15(21)13-23-17-7-5-16(6-8-17)22-12-11-20-18-9-10-19-20;1-14(2)18-12-16(21)13-22-17-6-4-15(5-7-17)8-11-20-10-3-9-19-20;2*1-12(2)17-7-13(20)8-21-14-3-5-15(6-4-14)22-11-19-10-16-9-18-19;1-12(2)16-9-19(20)11-22-14-5-3-13(4-6-14)21-10-18-17-8-7-15/h5-8,12-15,21H,3-4,9-11H2,1-2H3;5-10,14-15,21H,3-4,11-13H2,1-2H3;3-7,9-10,14,16,18,21H,8,11-13H2,1-2H3;2*3-6,9-10,12-13,17,20H,7-8,11H2,1-2H3;3-8,12,15-16,18,20H,9-11H2,1-2H3/b;;;;;15-7?,17-8-. The first-order valence-corrected chi connectivity index (χ1v) is 45.1. The van der Waals surface area contributed by atoms with Crippen LogP contribution in [0.3, 0.4) is 0 Å². The highest BCUT2D eigenvalue weighted by Gasteiger charge is 2.14. The number of ether oxygens (including phenoxy) is 11. The van der Waals surface area contributed by atoms with Crippen molar-refractivity contribution in [1.82, 2.24) is 101 Å². The fraction of sp³-hybridized carbons (Fsp3) is 0.484. The fourth-order valence-electron chi connectivity index (χ4n) is 10.9. The van der Waals surface area contributed by atoms with Crippen LogP contribution in [0.25, 0.3) is 0 Å². The van der Waals surface area contributed by atoms with Crippen LogP contribution in [-0.4, -0.2) is 258 Å². The molecule has 11 rings (SSSR count). The molecule has 5 aromatic heterocycles. The second-order valence-electron chi connectivity index (χ2n) is 32.6. The van der Waals surface area contributed by atoms with E-state index in [1.165, 1.54) is 30.8 Å². The number of aryl methyl sites for hydroxylation is 2. The summed E-state index contributed by atoms with van der Waals surface area (Å²) in [4.78, 5) is 13.1. The van der Waals surface area contributed by atoms with Gasteiger partial charge in [-0.05, 0) is 203 Å². The van der Waals surface area contributed by atoms with Crippen LogP contribution in [0.15, 0.2) is 220 Å². The molecule has 0 saturated heterocycles. The number of nitrogens with zero attached hydrogens (tertiary/aromatic N) is 16. The molecule has 734 valence electrons. The zero-order valence-corrected chi connectivity index (χ0v) is 79.3. The van der Waals surface area contributed by atoms with E-state index < -0.39 is 30.5 Å². The van der Waals surface area contributed by atoms with E-state index >= 15 is 0 Å². The Morgan fingerprint density at radius 3 is 1.08 bits per heavy atom. The Bertz CT molecular complexity index is 4290. The summed E-state index contributed by atoms with van der Waals surface area (Å²) >= 11 is 0. The summed E-state index contributed by atoms with van der Waals surface area (Å²) in [7, 11) is 0. The lowest BCUT2D eigenvalue weighted by Crippen LogP contribution is -2.37. The van der Waals surface area contributed by atoms with E-state index in [1.807, 2.05) is 143 Å². The molecule has 0 amide bonds. The third kappa shape index (κ3) is 53.9. The summed E-state index contributed by atoms with van der Waals surface area (Å²) in [6, 6.07) is 47.5. The van der Waals surface area contributed by atoms with Crippen LogP contribution >= 0.6 is 0 Å². The maximum atomic E-state index is 9.86. The molecule has 0 bridgehead atoms. The fourth-order valence-corrected chi connectivity index (χ4v) is 10.9. The van der Waals surface area contributed by atoms with Crippen LogP contribution in [-0.2, 0) is 39.5 Å². The van der Waals surface area contributed by atoms with Crippen LogP contribution in [0.2, 0.25) is 0 Å². The number of hydrazone groups is 1. The summed E-state index contributed by atoms with van der Waals surface area (Å²) in [5, 5.41) is 107. The van der Waals surface area contributed by atoms with Gasteiger partial charge in [0, 0.05) is 69.0 Å². The van der Waals surface area contributed by atoms with E-state index in [0.29, 0.717) is 156 Å². The highest BCUT2D eigenvalue weighted by molar-refractivity contribution is 6.14. The molecule has 39 heteroatoms. The molecule has 39 nitrogen and oxygen atoms in total. The number of aliphatic hydroxyl groups excluding tert-OH is 5. The van der Waals surface area contributed by atoms with E-state index in [9.17, 15) is 30.7 Å². The van der Waals surface area contributed by atoms with Crippen molar-refractivity contribution in [2.24, 2.45) is 16.9 Å². The Kier molecular flexibility index (Phi) is 55.1. The molecule has 0 radical (unpaired) electrons. The van der Waals surface area contributed by atoms with Gasteiger partial charge in [-0.15, -0.1) is 5.06 Å². The van der Waals surface area contributed by atoms with Gasteiger partial charge >= 0.3 is 0 Å². The van der Waals surface area contributed by atoms with Crippen molar-refractivity contribution in [3.05, 3.63) is 220 Å². The smallest absolute Gasteiger partial charge is 0.182 e. The van der Waals surface area contributed by atoms with Gasteiger partial charge in [-0.25, -0.2) is 29.0 Å². The van der Waals surface area contributed by atoms with Gasteiger partial charge < -0.3 is 110 Å². The lowest BCUT2D eigenvalue weighted by molar-refractivity contribution is -0.140. The number of hydrogen-bond acceptors (Lipinski definition) is 34. The van der Waals surface area contributed by atoms with Gasteiger partial charge in [0.2, 0.25) is 0 Å². The van der Waals surface area contributed by atoms with Gasteiger partial charge in [0.25, 0.3) is 0 Å². The van der Waals surface area contributed by atoms with Gasteiger partial charge in [0.15, 0.2) is 26.9 Å². The number of aliphatic hydroxyl groups is 5. The number of hydrogen-bond donors (Lipinski definition) is 12. The Labute approximate surface area is 786 Å². The summed E-state index contributed by atoms with van der Waals surface area (Å²) in [6.07, 6.45) is 20.7. The van der Waals surface area contributed by atoms with Crippen LogP contribution in [0, 0.1) is 17.2 Å². The van der Waals surface area contributed by atoms with Gasteiger partial charge in [0.1, 0.15) is 166 Å². The molecule has 6 aromatic carbocycles. The number of nitrogens with one attached hydrogen (secondary N) is 6. The Balaban J connectivity index is 0.000000247. The lowest BCUT2D eigenvalue weighted by atomic mass is 10.1. The highest BCUT2D eigenvalue weighted by atomic mass is 16.6. The Morgan fingerprint density at radius 2 is 0.724 bits per heavy atom. The first kappa shape index (κ1) is 110. The van der Waals surface area contributed by atoms with Crippen LogP contribution < -0.4 is 78.8 Å². The van der Waals surface area contributed by atoms with E-state index in [1.54, 1.807) is 105 Å². The SMILES string of the molecule is CC(C)CCC(O)COc1ccc(OCCn2cncn2)cc1.CC(C)CCC(O)COc1ccc(OCCn2nccn2)cc1.CC(C)NCC(O)COc1ccc(CCn2cccn2)cc1.CC(C)NCC(O)COc1ccc(OCn2cncn2)cc1.CC(C)NCC(O)COc1ccc(OCn2cncn2)cc1.CC(C)NCN(O)COc1ccc(OCN/N=C\C=N)cc1. The summed E-state index contributed by atoms with van der Waals surface area (Å²) in [6.45, 7) is 32.2. The molecule has 0 aliphatic rings. The summed E-state index contributed by atoms with van der Waals surface area (Å²) in [5.41, 5.74) is 3.87. The number of rotatable bonds is 58. The molecule has 0 saturated carbocycles. The predicted molar refractivity (Wildman–Crippen MR) is 510 cm³/mol. The zero-order valence-electron chi connectivity index (χ0n) is 79.3. The number of aromatic nitrogens is 14. The molecule has 11 aromatic rings. The third-order valence-electron chi connectivity index (χ3n) is 18.2. The van der Waals surface area contributed by atoms with E-state index in [4.69, 9.17) is 57.5 Å². The first-order chi connectivity index (χ1) is 64.8. The van der Waals surface area contributed by atoms with E-state index in [2.05, 4.69) is 131 Å². The molecule has 0 aliphatic carbocycles. The Morgan fingerprint density at radius 1 is 0.373 bits per heavy atom. The molecule has 12 N–H and O–H groups in total. The third-order valence-corrected chi connectivity index (χ3v) is 18.2. The second kappa shape index (κ2) is 66.9. The van der Waals surface area contributed by atoms with Crippen LogP contribution in [0.4, 0.5) is 0 Å². The lowest BCUT2D eigenvalue weighted by Gasteiger charge is -2.17. The topological polar surface area (TPSA) is 463 Å². The maximum absolute atomic E-state index is 9.86. The van der Waals surface area contributed by atoms with Gasteiger partial charge in [0.05, 0.1) is 50.6 Å². The zero-order chi connectivity index (χ0) is 96.6. The maximum Gasteiger partial charge on any atom is 0.182 e. The monoisotopic (exact) mass is 1860 g/mol. The van der Waals surface area contributed by atoms with E-state index in [0.717, 1.165) is 78.7 Å². The van der Waals surface area contributed by atoms with Crippen LogP contribution in [0.5, 0.6) is 63.2 Å². The minimum atomic E-state index is -0.536. The molecule has 0 fully saturated rings. The van der Waals surface area contributed by atoms with E-state index in [-0.39, 0.29) is 26.7 Å². The average Bonchev–Trinajstić information content (AvgIpc) is 1.31. The molecular weight excluding hydrogens is 1720 g/mol. The van der Waals surface area contributed by atoms with Gasteiger partial charge in [-0.2, -0.15) is 40.5 Å². The second-order valence-corrected chi connectivity index (χ2v) is 32.6. The van der Waals surface area contributed by atoms with Crippen molar-refractivity contribution in [3.63, 3.8) is 0 Å². The molecule has 5 heterocycles. The number of hydroxylamine groups is 2. The predicted octanol–water partition coefficient (Wildman–Crippen LogP) is 10.3. The minimum Gasteiger partial charge on any atom is -0.492 e. The first-order valence-electron chi connectivity index (χ1n) is 45.1. The van der Waals surface area contributed by atoms with Crippen molar-refractivity contribution in [1.29, 1.82) is 5.41 Å². The largest absolute Gasteiger partial charge is 0.492 e. The molecule has 5 unspecified atom stereocenters.